The van der Waals surface area contributed by atoms with Crippen LogP contribution in [0.5, 0.6) is 5.88 Å². The van der Waals surface area contributed by atoms with Gasteiger partial charge in [0.25, 0.3) is 0 Å². The molecule has 1 aromatic heterocycles. The van der Waals surface area contributed by atoms with Gasteiger partial charge in [0.05, 0.1) is 6.61 Å². The van der Waals surface area contributed by atoms with E-state index in [1.807, 2.05) is 19.9 Å². The van der Waals surface area contributed by atoms with Gasteiger partial charge in [-0.05, 0) is 39.0 Å². The fraction of sp³-hybridized carbons (Fsp3) is 0.692. The van der Waals surface area contributed by atoms with E-state index in [2.05, 4.69) is 15.3 Å². The molecular weight excluding hydrogens is 250 g/mol. The van der Waals surface area contributed by atoms with Crippen LogP contribution in [-0.4, -0.2) is 28.5 Å². The van der Waals surface area contributed by atoms with Crippen molar-refractivity contribution in [1.29, 1.82) is 0 Å². The Morgan fingerprint density at radius 1 is 1.44 bits per heavy atom. The zero-order chi connectivity index (χ0) is 13.0. The maximum atomic E-state index is 6.11. The fourth-order valence-corrected chi connectivity index (χ4v) is 2.68. The summed E-state index contributed by atoms with van der Waals surface area (Å²) in [5, 5.41) is 3.71. The van der Waals surface area contributed by atoms with Gasteiger partial charge in [0.1, 0.15) is 11.6 Å². The van der Waals surface area contributed by atoms with Crippen molar-refractivity contribution in [3.05, 3.63) is 11.9 Å². The van der Waals surface area contributed by atoms with Crippen LogP contribution in [0.2, 0.25) is 0 Å². The first-order valence-electron chi connectivity index (χ1n) is 6.53. The molecule has 2 rings (SSSR count). The predicted molar refractivity (Wildman–Crippen MR) is 73.4 cm³/mol. The lowest BCUT2D eigenvalue weighted by Crippen LogP contribution is -2.13. The number of aryl methyl sites for hydroxylation is 1. The van der Waals surface area contributed by atoms with Crippen LogP contribution in [0.1, 0.15) is 32.0 Å². The van der Waals surface area contributed by atoms with Crippen LogP contribution in [0.25, 0.3) is 0 Å². The number of anilines is 1. The van der Waals surface area contributed by atoms with E-state index in [9.17, 15) is 0 Å². The highest BCUT2D eigenvalue weighted by Crippen LogP contribution is 2.29. The monoisotopic (exact) mass is 269 g/mol. The average Bonchev–Trinajstić information content (AvgIpc) is 2.72. The van der Waals surface area contributed by atoms with Gasteiger partial charge < -0.3 is 10.1 Å². The van der Waals surface area contributed by atoms with Crippen molar-refractivity contribution in [3.8, 4) is 5.88 Å². The predicted octanol–water partition coefficient (Wildman–Crippen LogP) is 3.00. The summed E-state index contributed by atoms with van der Waals surface area (Å²) in [6.07, 6.45) is 3.42. The normalized spacial score (nSPS) is 23.1. The summed E-state index contributed by atoms with van der Waals surface area (Å²) in [7, 11) is 0. The molecule has 2 atom stereocenters. The van der Waals surface area contributed by atoms with Gasteiger partial charge >= 0.3 is 0 Å². The zero-order valence-corrected chi connectivity index (χ0v) is 11.7. The number of aromatic nitrogens is 2. The quantitative estimate of drug-likeness (QED) is 0.835. The molecular formula is C13H20ClN3O. The Kier molecular flexibility index (Phi) is 4.64. The third-order valence-electron chi connectivity index (χ3n) is 3.16. The van der Waals surface area contributed by atoms with E-state index in [4.69, 9.17) is 16.3 Å². The van der Waals surface area contributed by atoms with Gasteiger partial charge in [0, 0.05) is 18.0 Å². The second-order valence-corrected chi connectivity index (χ2v) is 5.35. The fourth-order valence-electron chi connectivity index (χ4n) is 2.30. The van der Waals surface area contributed by atoms with E-state index >= 15 is 0 Å². The number of halogens is 1. The van der Waals surface area contributed by atoms with Crippen LogP contribution in [0.4, 0.5) is 5.82 Å². The summed E-state index contributed by atoms with van der Waals surface area (Å²) in [4.78, 5) is 8.58. The van der Waals surface area contributed by atoms with Crippen LogP contribution in [0.3, 0.4) is 0 Å². The van der Waals surface area contributed by atoms with E-state index in [-0.39, 0.29) is 0 Å². The van der Waals surface area contributed by atoms with Gasteiger partial charge in [-0.2, -0.15) is 4.98 Å². The van der Waals surface area contributed by atoms with Gasteiger partial charge in [0.15, 0.2) is 0 Å². The largest absolute Gasteiger partial charge is 0.478 e. The Bertz CT molecular complexity index is 400. The Balaban J connectivity index is 1.92. The highest BCUT2D eigenvalue weighted by molar-refractivity contribution is 6.20. The van der Waals surface area contributed by atoms with E-state index in [1.165, 1.54) is 6.42 Å². The molecule has 1 saturated carbocycles. The summed E-state index contributed by atoms with van der Waals surface area (Å²) in [6.45, 7) is 5.36. The molecule has 0 spiro atoms. The van der Waals surface area contributed by atoms with Crippen molar-refractivity contribution in [1.82, 2.24) is 9.97 Å². The second kappa shape index (κ2) is 6.23. The highest BCUT2D eigenvalue weighted by atomic mass is 35.5. The summed E-state index contributed by atoms with van der Waals surface area (Å²) in [5.74, 6) is 2.85. The number of ether oxygens (including phenoxy) is 1. The van der Waals surface area contributed by atoms with Crippen LogP contribution < -0.4 is 10.1 Å². The Morgan fingerprint density at radius 2 is 2.28 bits per heavy atom. The minimum atomic E-state index is 0.350. The number of nitrogens with zero attached hydrogens (tertiary/aromatic N) is 2. The molecule has 0 aromatic carbocycles. The molecule has 2 unspecified atom stereocenters. The molecule has 100 valence electrons. The molecule has 18 heavy (non-hydrogen) atoms. The summed E-state index contributed by atoms with van der Waals surface area (Å²) >= 11 is 6.11. The minimum absolute atomic E-state index is 0.350. The topological polar surface area (TPSA) is 47.0 Å². The number of hydrogen-bond donors (Lipinski definition) is 1. The van der Waals surface area contributed by atoms with E-state index in [0.29, 0.717) is 23.8 Å². The highest BCUT2D eigenvalue weighted by Gasteiger charge is 2.22. The Labute approximate surface area is 113 Å². The van der Waals surface area contributed by atoms with Crippen molar-refractivity contribution >= 4 is 17.4 Å². The molecule has 4 nitrogen and oxygen atoms in total. The van der Waals surface area contributed by atoms with Crippen molar-refractivity contribution in [3.63, 3.8) is 0 Å². The molecule has 1 heterocycles. The molecule has 0 aliphatic heterocycles. The molecule has 1 aliphatic carbocycles. The molecule has 1 aliphatic rings. The SMILES string of the molecule is CCOc1cc(NCC2CCC(Cl)C2)nc(C)n1. The van der Waals surface area contributed by atoms with E-state index < -0.39 is 0 Å². The summed E-state index contributed by atoms with van der Waals surface area (Å²) in [5.41, 5.74) is 0. The van der Waals surface area contributed by atoms with Gasteiger partial charge in [-0.15, -0.1) is 11.6 Å². The standard InChI is InChI=1S/C13H20ClN3O/c1-3-18-13-7-12(16-9(2)17-13)15-8-10-4-5-11(14)6-10/h7,10-11H,3-6,8H2,1-2H3,(H,15,16,17). The van der Waals surface area contributed by atoms with Gasteiger partial charge in [-0.25, -0.2) is 4.98 Å². The first-order valence-corrected chi connectivity index (χ1v) is 6.97. The number of alkyl halides is 1. The zero-order valence-electron chi connectivity index (χ0n) is 10.9. The van der Waals surface area contributed by atoms with Crippen molar-refractivity contribution in [2.24, 2.45) is 5.92 Å². The van der Waals surface area contributed by atoms with E-state index in [1.54, 1.807) is 0 Å². The number of rotatable bonds is 5. The second-order valence-electron chi connectivity index (χ2n) is 4.73. The maximum absolute atomic E-state index is 6.11. The Hall–Kier alpha value is -1.03. The molecule has 0 bridgehead atoms. The summed E-state index contributed by atoms with van der Waals surface area (Å²) in [6, 6.07) is 1.85. The minimum Gasteiger partial charge on any atom is -0.478 e. The lowest BCUT2D eigenvalue weighted by Gasteiger charge is -2.12. The molecule has 0 radical (unpaired) electrons. The lowest BCUT2D eigenvalue weighted by atomic mass is 10.1. The molecule has 0 saturated heterocycles. The number of nitrogens with one attached hydrogen (secondary N) is 1. The average molecular weight is 270 g/mol. The first kappa shape index (κ1) is 13.4. The molecule has 1 N–H and O–H groups in total. The van der Waals surface area contributed by atoms with Crippen LogP contribution in [0.15, 0.2) is 6.07 Å². The van der Waals surface area contributed by atoms with Gasteiger partial charge in [-0.1, -0.05) is 0 Å². The first-order chi connectivity index (χ1) is 8.67. The molecule has 1 aromatic rings. The van der Waals surface area contributed by atoms with Crippen LogP contribution in [0, 0.1) is 12.8 Å². The van der Waals surface area contributed by atoms with Crippen LogP contribution >= 0.6 is 11.6 Å². The maximum Gasteiger partial charge on any atom is 0.218 e. The Morgan fingerprint density at radius 3 is 2.94 bits per heavy atom. The van der Waals surface area contributed by atoms with Crippen molar-refractivity contribution in [2.75, 3.05) is 18.5 Å². The van der Waals surface area contributed by atoms with Crippen LogP contribution in [-0.2, 0) is 0 Å². The molecule has 1 fully saturated rings. The third-order valence-corrected chi connectivity index (χ3v) is 3.55. The smallest absolute Gasteiger partial charge is 0.218 e. The number of hydrogen-bond acceptors (Lipinski definition) is 4. The molecule has 0 amide bonds. The lowest BCUT2D eigenvalue weighted by molar-refractivity contribution is 0.325. The van der Waals surface area contributed by atoms with E-state index in [0.717, 1.165) is 31.0 Å². The van der Waals surface area contributed by atoms with Crippen molar-refractivity contribution < 1.29 is 4.74 Å². The van der Waals surface area contributed by atoms with Gasteiger partial charge in [0.2, 0.25) is 5.88 Å². The summed E-state index contributed by atoms with van der Waals surface area (Å²) < 4.78 is 5.40. The molecule has 5 heteroatoms. The van der Waals surface area contributed by atoms with Gasteiger partial charge in [-0.3, -0.25) is 0 Å². The third kappa shape index (κ3) is 3.73. The van der Waals surface area contributed by atoms with Crippen molar-refractivity contribution in [2.45, 2.75) is 38.5 Å².